The van der Waals surface area contributed by atoms with Crippen LogP contribution in [0.3, 0.4) is 0 Å². The molecule has 0 aliphatic carbocycles. The molecule has 8 nitrogen and oxygen atoms in total. The number of amides is 1. The van der Waals surface area contributed by atoms with Crippen molar-refractivity contribution in [3.63, 3.8) is 0 Å². The summed E-state index contributed by atoms with van der Waals surface area (Å²) < 4.78 is 7.28. The van der Waals surface area contributed by atoms with E-state index in [0.717, 1.165) is 42.3 Å². The van der Waals surface area contributed by atoms with Crippen LogP contribution >= 0.6 is 11.8 Å². The summed E-state index contributed by atoms with van der Waals surface area (Å²) in [6, 6.07) is 11.9. The first kappa shape index (κ1) is 22.3. The third kappa shape index (κ3) is 6.06. The fourth-order valence-electron chi connectivity index (χ4n) is 3.72. The molecular weight excluding hydrogens is 424 g/mol. The standard InChI is InChI=1S/C23H28N6O2S/c1-17-9-12-24-20(15-17)6-3-18-4-7-21(8-5-18)31-23(30)29-13-10-19(11-14-29)16-32-22-25-26-27-28(22)2/h4-5,7-9,12,15,19H,3,6,10-11,13-14,16H2,1-2H3. The van der Waals surface area contributed by atoms with Crippen molar-refractivity contribution >= 4 is 17.9 Å². The number of hydrogen-bond donors (Lipinski definition) is 0. The lowest BCUT2D eigenvalue weighted by Crippen LogP contribution is -2.40. The molecule has 0 N–H and O–H groups in total. The van der Waals surface area contributed by atoms with E-state index in [1.54, 1.807) is 21.3 Å². The van der Waals surface area contributed by atoms with Gasteiger partial charge in [0.2, 0.25) is 5.16 Å². The summed E-state index contributed by atoms with van der Waals surface area (Å²) in [6.45, 7) is 3.50. The Balaban J connectivity index is 1.20. The van der Waals surface area contributed by atoms with Crippen LogP contribution in [0.5, 0.6) is 5.75 Å². The number of hydrogen-bond acceptors (Lipinski definition) is 7. The number of carbonyl (C=O) groups excluding carboxylic acids is 1. The zero-order valence-corrected chi connectivity index (χ0v) is 19.3. The summed E-state index contributed by atoms with van der Waals surface area (Å²) in [4.78, 5) is 18.8. The molecule has 1 aliphatic heterocycles. The van der Waals surface area contributed by atoms with Gasteiger partial charge in [-0.25, -0.2) is 9.48 Å². The Labute approximate surface area is 192 Å². The second-order valence-corrected chi connectivity index (χ2v) is 9.15. The van der Waals surface area contributed by atoms with Crippen LogP contribution in [-0.2, 0) is 19.9 Å². The number of piperidine rings is 1. The second-order valence-electron chi connectivity index (χ2n) is 8.16. The van der Waals surface area contributed by atoms with Gasteiger partial charge in [-0.15, -0.1) is 5.10 Å². The van der Waals surface area contributed by atoms with Crippen LogP contribution in [0.1, 0.15) is 29.7 Å². The molecule has 0 radical (unpaired) electrons. The highest BCUT2D eigenvalue weighted by molar-refractivity contribution is 7.99. The molecule has 0 bridgehead atoms. The molecular formula is C23H28N6O2S. The SMILES string of the molecule is Cc1ccnc(CCc2ccc(OC(=O)N3CCC(CSc4nnnn4C)CC3)cc2)c1. The fraction of sp³-hybridized carbons (Fsp3) is 0.435. The van der Waals surface area contributed by atoms with E-state index in [1.165, 1.54) is 11.1 Å². The lowest BCUT2D eigenvalue weighted by molar-refractivity contribution is 0.134. The van der Waals surface area contributed by atoms with Gasteiger partial charge in [-0.3, -0.25) is 4.98 Å². The number of likely N-dealkylation sites (tertiary alicyclic amines) is 1. The molecule has 1 saturated heterocycles. The van der Waals surface area contributed by atoms with Crippen LogP contribution in [0, 0.1) is 12.8 Å². The van der Waals surface area contributed by atoms with Crippen LogP contribution in [0.4, 0.5) is 4.79 Å². The van der Waals surface area contributed by atoms with E-state index in [4.69, 9.17) is 4.74 Å². The summed E-state index contributed by atoms with van der Waals surface area (Å²) >= 11 is 1.67. The first-order valence-electron chi connectivity index (χ1n) is 10.9. The predicted octanol–water partition coefficient (Wildman–Crippen LogP) is 3.70. The van der Waals surface area contributed by atoms with Crippen molar-refractivity contribution in [1.29, 1.82) is 0 Å². The van der Waals surface area contributed by atoms with Gasteiger partial charge in [0.1, 0.15) is 5.75 Å². The maximum absolute atomic E-state index is 12.6. The van der Waals surface area contributed by atoms with E-state index in [1.807, 2.05) is 43.6 Å². The van der Waals surface area contributed by atoms with E-state index >= 15 is 0 Å². The molecule has 1 aromatic carbocycles. The summed E-state index contributed by atoms with van der Waals surface area (Å²) in [5.74, 6) is 2.08. The summed E-state index contributed by atoms with van der Waals surface area (Å²) in [5, 5.41) is 12.3. The van der Waals surface area contributed by atoms with Crippen LogP contribution in [0.2, 0.25) is 0 Å². The van der Waals surface area contributed by atoms with Crippen molar-refractivity contribution in [3.05, 3.63) is 59.4 Å². The van der Waals surface area contributed by atoms with Crippen molar-refractivity contribution in [3.8, 4) is 5.75 Å². The molecule has 9 heteroatoms. The molecule has 0 spiro atoms. The van der Waals surface area contributed by atoms with Crippen molar-refractivity contribution in [2.45, 2.75) is 37.8 Å². The molecule has 1 aliphatic rings. The smallest absolute Gasteiger partial charge is 0.410 e. The van der Waals surface area contributed by atoms with Crippen LogP contribution in [-0.4, -0.2) is 55.0 Å². The van der Waals surface area contributed by atoms with E-state index in [9.17, 15) is 4.79 Å². The number of benzene rings is 1. The van der Waals surface area contributed by atoms with E-state index in [0.29, 0.717) is 24.8 Å². The highest BCUT2D eigenvalue weighted by Gasteiger charge is 2.24. The molecule has 3 heterocycles. The fourth-order valence-corrected chi connectivity index (χ4v) is 4.75. The molecule has 1 amide bonds. The summed E-state index contributed by atoms with van der Waals surface area (Å²) in [6.07, 6.45) is 5.29. The van der Waals surface area contributed by atoms with Crippen molar-refractivity contribution < 1.29 is 9.53 Å². The number of pyridine rings is 1. The molecule has 0 saturated carbocycles. The number of aromatic nitrogens is 5. The molecule has 1 fully saturated rings. The molecule has 3 aromatic rings. The predicted molar refractivity (Wildman–Crippen MR) is 123 cm³/mol. The topological polar surface area (TPSA) is 86.0 Å². The number of thioether (sulfide) groups is 1. The van der Waals surface area contributed by atoms with Gasteiger partial charge in [0, 0.05) is 37.8 Å². The van der Waals surface area contributed by atoms with E-state index in [-0.39, 0.29) is 6.09 Å². The highest BCUT2D eigenvalue weighted by Crippen LogP contribution is 2.25. The molecule has 4 rings (SSSR count). The van der Waals surface area contributed by atoms with Crippen LogP contribution in [0.25, 0.3) is 0 Å². The first-order chi connectivity index (χ1) is 15.6. The van der Waals surface area contributed by atoms with Gasteiger partial charge < -0.3 is 9.64 Å². The van der Waals surface area contributed by atoms with Gasteiger partial charge >= 0.3 is 6.09 Å². The van der Waals surface area contributed by atoms with Crippen molar-refractivity contribution in [2.75, 3.05) is 18.8 Å². The first-order valence-corrected chi connectivity index (χ1v) is 11.9. The quantitative estimate of drug-likeness (QED) is 0.505. The minimum atomic E-state index is -0.273. The van der Waals surface area contributed by atoms with Gasteiger partial charge in [0.25, 0.3) is 0 Å². The number of nitrogens with zero attached hydrogens (tertiary/aromatic N) is 6. The monoisotopic (exact) mass is 452 g/mol. The number of aryl methyl sites for hydroxylation is 4. The Hall–Kier alpha value is -2.94. The lowest BCUT2D eigenvalue weighted by Gasteiger charge is -2.30. The molecule has 2 aromatic heterocycles. The number of carbonyl (C=O) groups is 1. The average molecular weight is 453 g/mol. The Morgan fingerprint density at radius 2 is 1.94 bits per heavy atom. The molecule has 168 valence electrons. The Morgan fingerprint density at radius 1 is 1.16 bits per heavy atom. The summed E-state index contributed by atoms with van der Waals surface area (Å²) in [7, 11) is 1.84. The third-order valence-electron chi connectivity index (χ3n) is 5.67. The van der Waals surface area contributed by atoms with E-state index in [2.05, 4.69) is 33.5 Å². The number of tetrazole rings is 1. The Morgan fingerprint density at radius 3 is 2.62 bits per heavy atom. The normalized spacial score (nSPS) is 14.5. The lowest BCUT2D eigenvalue weighted by atomic mass is 9.99. The van der Waals surface area contributed by atoms with Gasteiger partial charge in [-0.1, -0.05) is 23.9 Å². The molecule has 32 heavy (non-hydrogen) atoms. The Bertz CT molecular complexity index is 1030. The van der Waals surface area contributed by atoms with Crippen molar-refractivity contribution in [1.82, 2.24) is 30.1 Å². The average Bonchev–Trinajstić information content (AvgIpc) is 3.22. The number of ether oxygens (including phenoxy) is 1. The molecule has 0 atom stereocenters. The van der Waals surface area contributed by atoms with Gasteiger partial charge in [-0.05, 0) is 84.3 Å². The van der Waals surface area contributed by atoms with Gasteiger partial charge in [0.15, 0.2) is 0 Å². The van der Waals surface area contributed by atoms with Gasteiger partial charge in [-0.2, -0.15) is 0 Å². The van der Waals surface area contributed by atoms with Crippen molar-refractivity contribution in [2.24, 2.45) is 13.0 Å². The third-order valence-corrected chi connectivity index (χ3v) is 6.91. The minimum absolute atomic E-state index is 0.273. The Kier molecular flexibility index (Phi) is 7.36. The summed E-state index contributed by atoms with van der Waals surface area (Å²) in [5.41, 5.74) is 3.52. The molecule has 0 unspecified atom stereocenters. The second kappa shape index (κ2) is 10.6. The maximum atomic E-state index is 12.6. The zero-order chi connectivity index (χ0) is 22.3. The van der Waals surface area contributed by atoms with Crippen LogP contribution < -0.4 is 4.74 Å². The largest absolute Gasteiger partial charge is 0.415 e. The zero-order valence-electron chi connectivity index (χ0n) is 18.5. The van der Waals surface area contributed by atoms with E-state index < -0.39 is 0 Å². The number of rotatable bonds is 7. The highest BCUT2D eigenvalue weighted by atomic mass is 32.2. The van der Waals surface area contributed by atoms with Gasteiger partial charge in [0.05, 0.1) is 0 Å². The maximum Gasteiger partial charge on any atom is 0.415 e. The minimum Gasteiger partial charge on any atom is -0.410 e. The van der Waals surface area contributed by atoms with Crippen LogP contribution in [0.15, 0.2) is 47.8 Å².